The van der Waals surface area contributed by atoms with Crippen LogP contribution in [0.4, 0.5) is 0 Å². The molecule has 5 nitrogen and oxygen atoms in total. The molecule has 1 aliphatic carbocycles. The summed E-state index contributed by atoms with van der Waals surface area (Å²) >= 11 is 0. The fourth-order valence-electron chi connectivity index (χ4n) is 3.37. The highest BCUT2D eigenvalue weighted by atomic mass is 16.1. The third-order valence-electron chi connectivity index (χ3n) is 4.87. The van der Waals surface area contributed by atoms with Crippen LogP contribution in [0.1, 0.15) is 48.9 Å². The predicted molar refractivity (Wildman–Crippen MR) is 88.3 cm³/mol. The minimum atomic E-state index is 0.0418. The van der Waals surface area contributed by atoms with Crippen molar-refractivity contribution in [3.8, 4) is 0 Å². The molecule has 23 heavy (non-hydrogen) atoms. The summed E-state index contributed by atoms with van der Waals surface area (Å²) < 4.78 is 1.75. The molecule has 2 aliphatic rings. The number of rotatable bonds is 4. The number of piperidine rings is 1. The van der Waals surface area contributed by atoms with Gasteiger partial charge in [-0.2, -0.15) is 5.10 Å². The molecule has 120 valence electrons. The molecule has 5 heteroatoms. The second-order valence-corrected chi connectivity index (χ2v) is 6.68. The van der Waals surface area contributed by atoms with Crippen LogP contribution in [0, 0.1) is 0 Å². The number of pyridine rings is 1. The molecule has 0 spiro atoms. The summed E-state index contributed by atoms with van der Waals surface area (Å²) in [6.45, 7) is 2.94. The monoisotopic (exact) mass is 310 g/mol. The number of nitrogens with zero attached hydrogens (tertiary/aromatic N) is 4. The van der Waals surface area contributed by atoms with E-state index < -0.39 is 0 Å². The summed E-state index contributed by atoms with van der Waals surface area (Å²) in [5.74, 6) is 0.590. The lowest BCUT2D eigenvalue weighted by molar-refractivity contribution is 0.170. The van der Waals surface area contributed by atoms with Crippen LogP contribution in [0.15, 0.2) is 41.5 Å². The molecule has 2 aromatic rings. The number of hydrogen-bond donors (Lipinski definition) is 0. The van der Waals surface area contributed by atoms with Crippen molar-refractivity contribution in [2.45, 2.75) is 44.2 Å². The van der Waals surface area contributed by atoms with E-state index in [2.05, 4.69) is 21.0 Å². The third-order valence-corrected chi connectivity index (χ3v) is 4.87. The smallest absolute Gasteiger partial charge is 0.267 e. The van der Waals surface area contributed by atoms with Crippen LogP contribution in [0.25, 0.3) is 0 Å². The van der Waals surface area contributed by atoms with Crippen molar-refractivity contribution in [3.63, 3.8) is 0 Å². The van der Waals surface area contributed by atoms with Crippen LogP contribution in [-0.4, -0.2) is 32.8 Å². The maximum Gasteiger partial charge on any atom is 0.267 e. The second kappa shape index (κ2) is 6.24. The first-order chi connectivity index (χ1) is 11.3. The fourth-order valence-corrected chi connectivity index (χ4v) is 3.37. The summed E-state index contributed by atoms with van der Waals surface area (Å²) in [5.41, 5.74) is 2.39. The van der Waals surface area contributed by atoms with Gasteiger partial charge in [0.05, 0.1) is 11.7 Å². The summed E-state index contributed by atoms with van der Waals surface area (Å²) in [6.07, 6.45) is 8.14. The molecule has 0 bridgehead atoms. The summed E-state index contributed by atoms with van der Waals surface area (Å²) in [5, 5.41) is 4.64. The van der Waals surface area contributed by atoms with Gasteiger partial charge in [-0.25, -0.2) is 4.68 Å². The average molecular weight is 310 g/mol. The van der Waals surface area contributed by atoms with Gasteiger partial charge in [0.1, 0.15) is 0 Å². The highest BCUT2D eigenvalue weighted by Gasteiger charge is 2.27. The standard InChI is InChI=1S/C18H22N4O/c23-18-6-5-17(15-3-4-15)20-22(18)16-7-10-21(11-8-16)13-14-2-1-9-19-12-14/h1-2,5-6,9,12,15-16H,3-4,7-8,10-11,13H2. The van der Waals surface area contributed by atoms with E-state index in [4.69, 9.17) is 0 Å². The molecule has 0 unspecified atom stereocenters. The Hall–Kier alpha value is -2.01. The van der Waals surface area contributed by atoms with Crippen LogP contribution in [-0.2, 0) is 6.54 Å². The largest absolute Gasteiger partial charge is 0.299 e. The molecule has 2 fully saturated rings. The molecule has 2 aromatic heterocycles. The first kappa shape index (κ1) is 14.6. The highest BCUT2D eigenvalue weighted by Crippen LogP contribution is 2.38. The molecule has 1 saturated heterocycles. The molecular formula is C18H22N4O. The van der Waals surface area contributed by atoms with Crippen molar-refractivity contribution in [1.29, 1.82) is 0 Å². The lowest BCUT2D eigenvalue weighted by Gasteiger charge is -2.32. The van der Waals surface area contributed by atoms with Gasteiger partial charge in [0.2, 0.25) is 0 Å². The average Bonchev–Trinajstić information content (AvgIpc) is 3.42. The Morgan fingerprint density at radius 3 is 2.61 bits per heavy atom. The van der Waals surface area contributed by atoms with Crippen LogP contribution in [0.2, 0.25) is 0 Å². The molecule has 0 atom stereocenters. The van der Waals surface area contributed by atoms with E-state index in [9.17, 15) is 4.79 Å². The van der Waals surface area contributed by atoms with Gasteiger partial charge >= 0.3 is 0 Å². The molecule has 0 aromatic carbocycles. The Kier molecular flexibility index (Phi) is 3.95. The first-order valence-corrected chi connectivity index (χ1v) is 8.50. The van der Waals surface area contributed by atoms with Gasteiger partial charge in [0, 0.05) is 44.0 Å². The van der Waals surface area contributed by atoms with Gasteiger partial charge in [-0.15, -0.1) is 0 Å². The van der Waals surface area contributed by atoms with Gasteiger partial charge in [0.25, 0.3) is 5.56 Å². The summed E-state index contributed by atoms with van der Waals surface area (Å²) in [6, 6.07) is 7.95. The van der Waals surface area contributed by atoms with Crippen LogP contribution in [0.5, 0.6) is 0 Å². The van der Waals surface area contributed by atoms with Gasteiger partial charge in [0.15, 0.2) is 0 Å². The van der Waals surface area contributed by atoms with Crippen molar-refractivity contribution < 1.29 is 0 Å². The Morgan fingerprint density at radius 1 is 1.09 bits per heavy atom. The highest BCUT2D eigenvalue weighted by molar-refractivity contribution is 5.13. The summed E-state index contributed by atoms with van der Waals surface area (Å²) in [7, 11) is 0. The van der Waals surface area contributed by atoms with Gasteiger partial charge < -0.3 is 0 Å². The normalized spacial score (nSPS) is 19.8. The quantitative estimate of drug-likeness (QED) is 0.870. The lowest BCUT2D eigenvalue weighted by Crippen LogP contribution is -2.38. The molecular weight excluding hydrogens is 288 g/mol. The molecule has 4 rings (SSSR count). The van der Waals surface area contributed by atoms with Gasteiger partial charge in [-0.1, -0.05) is 6.07 Å². The van der Waals surface area contributed by atoms with E-state index in [1.807, 2.05) is 18.3 Å². The fraction of sp³-hybridized carbons (Fsp3) is 0.500. The third kappa shape index (κ3) is 3.34. The predicted octanol–water partition coefficient (Wildman–Crippen LogP) is 2.35. The number of hydrogen-bond acceptors (Lipinski definition) is 4. The zero-order valence-electron chi connectivity index (χ0n) is 13.3. The molecule has 3 heterocycles. The zero-order chi connectivity index (χ0) is 15.6. The molecule has 0 amide bonds. The van der Waals surface area contributed by atoms with E-state index in [-0.39, 0.29) is 11.6 Å². The minimum absolute atomic E-state index is 0.0418. The molecule has 0 radical (unpaired) electrons. The molecule has 1 aliphatic heterocycles. The molecule has 1 saturated carbocycles. The Balaban J connectivity index is 1.41. The van der Waals surface area contributed by atoms with Crippen molar-refractivity contribution in [1.82, 2.24) is 19.7 Å². The maximum absolute atomic E-state index is 12.2. The van der Waals surface area contributed by atoms with Crippen molar-refractivity contribution >= 4 is 0 Å². The van der Waals surface area contributed by atoms with Crippen molar-refractivity contribution in [2.75, 3.05) is 13.1 Å². The van der Waals surface area contributed by atoms with Crippen LogP contribution >= 0.6 is 0 Å². The first-order valence-electron chi connectivity index (χ1n) is 8.50. The topological polar surface area (TPSA) is 51.0 Å². The van der Waals surface area contributed by atoms with Crippen LogP contribution < -0.4 is 5.56 Å². The van der Waals surface area contributed by atoms with Crippen molar-refractivity contribution in [3.05, 3.63) is 58.3 Å². The number of aromatic nitrogens is 3. The SMILES string of the molecule is O=c1ccc(C2CC2)nn1C1CCN(Cc2cccnc2)CC1. The van der Waals surface area contributed by atoms with E-state index >= 15 is 0 Å². The molecule has 0 N–H and O–H groups in total. The second-order valence-electron chi connectivity index (χ2n) is 6.68. The Morgan fingerprint density at radius 2 is 1.91 bits per heavy atom. The van der Waals surface area contributed by atoms with Gasteiger partial charge in [-0.3, -0.25) is 14.7 Å². The van der Waals surface area contributed by atoms with E-state index in [1.165, 1.54) is 18.4 Å². The van der Waals surface area contributed by atoms with E-state index in [0.717, 1.165) is 38.2 Å². The van der Waals surface area contributed by atoms with E-state index in [1.54, 1.807) is 16.9 Å². The Bertz CT molecular complexity index is 715. The van der Waals surface area contributed by atoms with Crippen LogP contribution in [0.3, 0.4) is 0 Å². The lowest BCUT2D eigenvalue weighted by atomic mass is 10.0. The number of likely N-dealkylation sites (tertiary alicyclic amines) is 1. The summed E-state index contributed by atoms with van der Waals surface area (Å²) in [4.78, 5) is 18.8. The van der Waals surface area contributed by atoms with Crippen molar-refractivity contribution in [2.24, 2.45) is 0 Å². The zero-order valence-corrected chi connectivity index (χ0v) is 13.3. The maximum atomic E-state index is 12.2. The van der Waals surface area contributed by atoms with Gasteiger partial charge in [-0.05, 0) is 43.4 Å². The Labute approximate surface area is 136 Å². The minimum Gasteiger partial charge on any atom is -0.299 e. The van der Waals surface area contributed by atoms with E-state index in [0.29, 0.717) is 5.92 Å².